The van der Waals surface area contributed by atoms with Crippen LogP contribution in [-0.2, 0) is 16.0 Å². The summed E-state index contributed by atoms with van der Waals surface area (Å²) < 4.78 is 7.94. The van der Waals surface area contributed by atoms with E-state index in [1.54, 1.807) is 11.3 Å². The summed E-state index contributed by atoms with van der Waals surface area (Å²) in [7, 11) is 1.38. The molecule has 0 saturated heterocycles. The predicted molar refractivity (Wildman–Crippen MR) is 112 cm³/mol. The van der Waals surface area contributed by atoms with Crippen LogP contribution in [0.5, 0.6) is 0 Å². The summed E-state index contributed by atoms with van der Waals surface area (Å²) in [5.41, 5.74) is 2.89. The predicted octanol–water partition coefficient (Wildman–Crippen LogP) is 4.36. The number of aromatic nitrogens is 3. The number of carbonyl (C=O) groups is 1. The largest absolute Gasteiger partial charge is 0.469 e. The summed E-state index contributed by atoms with van der Waals surface area (Å²) in [5, 5.41) is 9.62. The first kappa shape index (κ1) is 19.0. The number of methoxy groups -OCH3 is 1. The van der Waals surface area contributed by atoms with E-state index >= 15 is 0 Å². The molecule has 28 heavy (non-hydrogen) atoms. The van der Waals surface area contributed by atoms with Crippen LogP contribution in [0.25, 0.3) is 5.00 Å². The van der Waals surface area contributed by atoms with E-state index in [0.717, 1.165) is 27.3 Å². The van der Waals surface area contributed by atoms with Gasteiger partial charge in [0.25, 0.3) is 0 Å². The van der Waals surface area contributed by atoms with Gasteiger partial charge in [-0.05, 0) is 41.8 Å². The Hall–Kier alpha value is -2.32. The molecule has 0 N–H and O–H groups in total. The molecule has 1 aromatic carbocycles. The zero-order valence-electron chi connectivity index (χ0n) is 15.8. The van der Waals surface area contributed by atoms with Crippen LogP contribution in [0, 0.1) is 13.8 Å². The molecule has 3 aromatic rings. The molecule has 0 amide bonds. The van der Waals surface area contributed by atoms with Gasteiger partial charge in [-0.3, -0.25) is 14.4 Å². The van der Waals surface area contributed by atoms with Crippen molar-refractivity contribution in [2.24, 2.45) is 4.99 Å². The molecule has 6 nitrogen and oxygen atoms in total. The van der Waals surface area contributed by atoms with Crippen LogP contribution in [-0.4, -0.2) is 33.6 Å². The fraction of sp³-hybridized carbons (Fsp3) is 0.300. The van der Waals surface area contributed by atoms with Crippen molar-refractivity contribution in [2.45, 2.75) is 32.7 Å². The fourth-order valence-corrected chi connectivity index (χ4v) is 5.38. The third kappa shape index (κ3) is 3.31. The molecule has 0 fully saturated rings. The summed E-state index contributed by atoms with van der Waals surface area (Å²) in [6.45, 7) is 4.00. The standard InChI is InChI=1S/C20H19BrN4O2S/c1-11-18(21)17-14(9-13-7-5-4-6-8-13)22-15(10-16(26)27-3)19-24-23-12(2)25(19)20(17)28-11/h4-8,14H,9-10H2,1-3H3/t14-/m0/s1. The van der Waals surface area contributed by atoms with E-state index in [2.05, 4.69) is 45.2 Å². The van der Waals surface area contributed by atoms with Gasteiger partial charge in [-0.25, -0.2) is 0 Å². The highest BCUT2D eigenvalue weighted by atomic mass is 79.9. The van der Waals surface area contributed by atoms with Gasteiger partial charge in [0, 0.05) is 14.9 Å². The van der Waals surface area contributed by atoms with Crippen LogP contribution in [0.3, 0.4) is 0 Å². The fourth-order valence-electron chi connectivity index (χ4n) is 3.40. The summed E-state index contributed by atoms with van der Waals surface area (Å²) in [4.78, 5) is 18.2. The highest BCUT2D eigenvalue weighted by Gasteiger charge is 2.32. The summed E-state index contributed by atoms with van der Waals surface area (Å²) in [6, 6.07) is 10.1. The highest BCUT2D eigenvalue weighted by molar-refractivity contribution is 9.10. The molecule has 1 aliphatic rings. The lowest BCUT2D eigenvalue weighted by Gasteiger charge is -2.14. The van der Waals surface area contributed by atoms with Crippen molar-refractivity contribution in [1.29, 1.82) is 0 Å². The number of rotatable bonds is 4. The third-order valence-corrected chi connectivity index (χ3v) is 7.16. The number of halogens is 1. The van der Waals surface area contributed by atoms with Gasteiger partial charge in [0.05, 0.1) is 25.3 Å². The number of aryl methyl sites for hydroxylation is 2. The number of carbonyl (C=O) groups excluding carboxylic acids is 1. The minimum atomic E-state index is -0.343. The molecular weight excluding hydrogens is 440 g/mol. The Balaban J connectivity index is 1.91. The number of nitrogens with zero attached hydrogens (tertiary/aromatic N) is 4. The number of benzene rings is 1. The minimum Gasteiger partial charge on any atom is -0.469 e. The van der Waals surface area contributed by atoms with Crippen molar-refractivity contribution in [3.63, 3.8) is 0 Å². The maximum atomic E-state index is 12.0. The molecule has 0 bridgehead atoms. The van der Waals surface area contributed by atoms with Gasteiger partial charge >= 0.3 is 5.97 Å². The van der Waals surface area contributed by atoms with Crippen molar-refractivity contribution in [1.82, 2.24) is 14.8 Å². The van der Waals surface area contributed by atoms with Crippen molar-refractivity contribution in [2.75, 3.05) is 7.11 Å². The second-order valence-electron chi connectivity index (χ2n) is 6.63. The lowest BCUT2D eigenvalue weighted by molar-refractivity contribution is -0.139. The Morgan fingerprint density at radius 3 is 2.71 bits per heavy atom. The number of hydrogen-bond acceptors (Lipinski definition) is 6. The van der Waals surface area contributed by atoms with E-state index in [1.807, 2.05) is 29.7 Å². The zero-order chi connectivity index (χ0) is 19.8. The number of esters is 1. The van der Waals surface area contributed by atoms with Crippen LogP contribution in [0.2, 0.25) is 0 Å². The van der Waals surface area contributed by atoms with Crippen molar-refractivity contribution < 1.29 is 9.53 Å². The molecule has 8 heteroatoms. The second kappa shape index (κ2) is 7.60. The second-order valence-corrected chi connectivity index (χ2v) is 8.63. The molecule has 2 aromatic heterocycles. The van der Waals surface area contributed by atoms with Gasteiger partial charge in [0.1, 0.15) is 10.8 Å². The molecule has 1 atom stereocenters. The topological polar surface area (TPSA) is 69.4 Å². The molecular formula is C20H19BrN4O2S. The van der Waals surface area contributed by atoms with Crippen LogP contribution < -0.4 is 0 Å². The number of hydrogen-bond donors (Lipinski definition) is 0. The van der Waals surface area contributed by atoms with Gasteiger partial charge in [-0.1, -0.05) is 30.3 Å². The van der Waals surface area contributed by atoms with Gasteiger partial charge in [-0.15, -0.1) is 21.5 Å². The SMILES string of the molecule is COC(=O)CC1=N[C@@H](Cc2ccccc2)c2c(sc(C)c2Br)-n2c(C)nnc21. The summed E-state index contributed by atoms with van der Waals surface area (Å²) >= 11 is 5.45. The number of thiophene rings is 1. The first-order valence-corrected chi connectivity index (χ1v) is 10.5. The number of ether oxygens (including phenoxy) is 1. The Kier molecular flexibility index (Phi) is 5.16. The average molecular weight is 459 g/mol. The molecule has 0 spiro atoms. The number of fused-ring (bicyclic) bond motifs is 3. The van der Waals surface area contributed by atoms with Gasteiger partial charge in [0.2, 0.25) is 0 Å². The van der Waals surface area contributed by atoms with E-state index < -0.39 is 0 Å². The number of aliphatic imine (C=N–C) groups is 1. The Morgan fingerprint density at radius 2 is 2.00 bits per heavy atom. The van der Waals surface area contributed by atoms with Crippen molar-refractivity contribution in [3.8, 4) is 5.00 Å². The molecule has 144 valence electrons. The van der Waals surface area contributed by atoms with Crippen LogP contribution >= 0.6 is 27.3 Å². The van der Waals surface area contributed by atoms with E-state index in [9.17, 15) is 4.79 Å². The Bertz CT molecular complexity index is 1070. The molecule has 0 aliphatic carbocycles. The Labute approximate surface area is 175 Å². The van der Waals surface area contributed by atoms with Crippen molar-refractivity contribution >= 4 is 38.9 Å². The van der Waals surface area contributed by atoms with E-state index in [0.29, 0.717) is 11.5 Å². The first-order chi connectivity index (χ1) is 13.5. The van der Waals surface area contributed by atoms with Crippen molar-refractivity contribution in [3.05, 3.63) is 62.5 Å². The molecule has 0 saturated carbocycles. The maximum Gasteiger partial charge on any atom is 0.311 e. The van der Waals surface area contributed by atoms with Crippen LogP contribution in [0.15, 0.2) is 39.8 Å². The molecule has 0 radical (unpaired) electrons. The van der Waals surface area contributed by atoms with E-state index in [-0.39, 0.29) is 18.4 Å². The monoisotopic (exact) mass is 458 g/mol. The van der Waals surface area contributed by atoms with E-state index in [4.69, 9.17) is 9.73 Å². The lowest BCUT2D eigenvalue weighted by atomic mass is 10.0. The average Bonchev–Trinajstić information content (AvgIpc) is 3.17. The van der Waals surface area contributed by atoms with E-state index in [1.165, 1.54) is 17.6 Å². The third-order valence-electron chi connectivity index (χ3n) is 4.77. The quantitative estimate of drug-likeness (QED) is 0.544. The molecule has 4 rings (SSSR count). The molecule has 1 aliphatic heterocycles. The Morgan fingerprint density at radius 1 is 1.25 bits per heavy atom. The first-order valence-electron chi connectivity index (χ1n) is 8.88. The summed E-state index contributed by atoms with van der Waals surface area (Å²) in [6.07, 6.45) is 0.788. The zero-order valence-corrected chi connectivity index (χ0v) is 18.2. The molecule has 0 unspecified atom stereocenters. The minimum absolute atomic E-state index is 0.0610. The summed E-state index contributed by atoms with van der Waals surface area (Å²) in [5.74, 6) is 1.03. The van der Waals surface area contributed by atoms with Crippen LogP contribution in [0.1, 0.15) is 40.1 Å². The highest BCUT2D eigenvalue weighted by Crippen LogP contribution is 2.44. The maximum absolute atomic E-state index is 12.0. The molecule has 3 heterocycles. The van der Waals surface area contributed by atoms with Gasteiger partial charge in [-0.2, -0.15) is 0 Å². The normalized spacial score (nSPS) is 15.4. The van der Waals surface area contributed by atoms with Crippen LogP contribution in [0.4, 0.5) is 0 Å². The lowest BCUT2D eigenvalue weighted by Crippen LogP contribution is -2.15. The smallest absolute Gasteiger partial charge is 0.311 e. The van der Waals surface area contributed by atoms with Gasteiger partial charge < -0.3 is 4.74 Å². The van der Waals surface area contributed by atoms with Gasteiger partial charge in [0.15, 0.2) is 5.82 Å².